The van der Waals surface area contributed by atoms with Crippen LogP contribution in [0.3, 0.4) is 0 Å². The molecule has 0 aromatic rings. The minimum Gasteiger partial charge on any atom is -0.120 e. The number of rotatable bonds is 1. The molecule has 0 unspecified atom stereocenters. The number of hydrogen-bond acceptors (Lipinski definition) is 0. The Balaban J connectivity index is 3.81. The molecular formula is C10H14. The Hall–Kier alpha value is -0.880. The Morgan fingerprint density at radius 1 is 1.30 bits per heavy atom. The molecule has 0 radical (unpaired) electrons. The lowest BCUT2D eigenvalue weighted by Crippen LogP contribution is -2.05. The second kappa shape index (κ2) is 4.02. The Bertz CT molecular complexity index is 180. The fourth-order valence-electron chi connectivity index (χ4n) is 0.460. The standard InChI is InChI=1S/C10H14/c1-5-7-8-9-10(3,4)6-2/h2H,5,9H2,1,3-4H3. The van der Waals surface area contributed by atoms with E-state index in [9.17, 15) is 0 Å². The van der Waals surface area contributed by atoms with Gasteiger partial charge in [-0.15, -0.1) is 18.3 Å². The zero-order chi connectivity index (χ0) is 8.04. The van der Waals surface area contributed by atoms with Gasteiger partial charge in [-0.1, -0.05) is 12.8 Å². The Morgan fingerprint density at radius 2 is 1.90 bits per heavy atom. The van der Waals surface area contributed by atoms with Crippen LogP contribution in [-0.2, 0) is 0 Å². The molecule has 0 bridgehead atoms. The number of hydrogen-bond donors (Lipinski definition) is 0. The summed E-state index contributed by atoms with van der Waals surface area (Å²) in [4.78, 5) is 0. The van der Waals surface area contributed by atoms with Crippen molar-refractivity contribution in [3.8, 4) is 24.2 Å². The summed E-state index contributed by atoms with van der Waals surface area (Å²) in [5, 5.41) is 0. The van der Waals surface area contributed by atoms with Crippen molar-refractivity contribution in [1.82, 2.24) is 0 Å². The molecule has 0 fully saturated rings. The van der Waals surface area contributed by atoms with Crippen molar-refractivity contribution in [2.75, 3.05) is 0 Å². The lowest BCUT2D eigenvalue weighted by Gasteiger charge is -2.11. The Labute approximate surface area is 64.0 Å². The SMILES string of the molecule is C#CC(C)(C)CC#CCC. The largest absolute Gasteiger partial charge is 0.120 e. The second-order valence-corrected chi connectivity index (χ2v) is 2.91. The molecule has 0 heterocycles. The third-order valence-electron chi connectivity index (χ3n) is 1.22. The molecule has 0 spiro atoms. The van der Waals surface area contributed by atoms with E-state index in [4.69, 9.17) is 6.42 Å². The highest BCUT2D eigenvalue weighted by molar-refractivity contribution is 5.09. The molecule has 0 heteroatoms. The van der Waals surface area contributed by atoms with Crippen LogP contribution in [0.4, 0.5) is 0 Å². The second-order valence-electron chi connectivity index (χ2n) is 2.91. The normalized spacial score (nSPS) is 9.40. The van der Waals surface area contributed by atoms with Crippen molar-refractivity contribution in [3.05, 3.63) is 0 Å². The van der Waals surface area contributed by atoms with Crippen LogP contribution in [0.2, 0.25) is 0 Å². The highest BCUT2D eigenvalue weighted by atomic mass is 14.1. The van der Waals surface area contributed by atoms with Crippen molar-refractivity contribution < 1.29 is 0 Å². The molecule has 0 atom stereocenters. The van der Waals surface area contributed by atoms with Gasteiger partial charge < -0.3 is 0 Å². The first-order valence-electron chi connectivity index (χ1n) is 3.56. The summed E-state index contributed by atoms with van der Waals surface area (Å²) >= 11 is 0. The maximum Gasteiger partial charge on any atom is 0.0364 e. The number of terminal acetylenes is 1. The molecule has 0 aliphatic carbocycles. The van der Waals surface area contributed by atoms with Crippen LogP contribution in [-0.4, -0.2) is 0 Å². The zero-order valence-corrected chi connectivity index (χ0v) is 6.99. The van der Waals surface area contributed by atoms with E-state index in [0.717, 1.165) is 12.8 Å². The van der Waals surface area contributed by atoms with Crippen molar-refractivity contribution in [3.63, 3.8) is 0 Å². The molecule has 0 rings (SSSR count). The molecule has 0 amide bonds. The van der Waals surface area contributed by atoms with Gasteiger partial charge in [-0.05, 0) is 13.8 Å². The topological polar surface area (TPSA) is 0 Å². The first-order chi connectivity index (χ1) is 4.62. The fourth-order valence-corrected chi connectivity index (χ4v) is 0.460. The minimum absolute atomic E-state index is 0.0534. The predicted molar refractivity (Wildman–Crippen MR) is 45.3 cm³/mol. The predicted octanol–water partition coefficient (Wildman–Crippen LogP) is 2.45. The van der Waals surface area contributed by atoms with Gasteiger partial charge in [-0.25, -0.2) is 0 Å². The molecule has 0 nitrogen and oxygen atoms in total. The summed E-state index contributed by atoms with van der Waals surface area (Å²) in [7, 11) is 0. The van der Waals surface area contributed by atoms with Gasteiger partial charge in [0.05, 0.1) is 0 Å². The van der Waals surface area contributed by atoms with E-state index in [2.05, 4.69) is 17.8 Å². The lowest BCUT2D eigenvalue weighted by molar-refractivity contribution is 0.522. The monoisotopic (exact) mass is 134 g/mol. The van der Waals surface area contributed by atoms with Crippen LogP contribution in [0.1, 0.15) is 33.6 Å². The van der Waals surface area contributed by atoms with Gasteiger partial charge in [0.2, 0.25) is 0 Å². The summed E-state index contributed by atoms with van der Waals surface area (Å²) in [6.45, 7) is 6.09. The van der Waals surface area contributed by atoms with Crippen molar-refractivity contribution >= 4 is 0 Å². The van der Waals surface area contributed by atoms with Gasteiger partial charge >= 0.3 is 0 Å². The van der Waals surface area contributed by atoms with Crippen LogP contribution in [0.15, 0.2) is 0 Å². The average Bonchev–Trinajstić information content (AvgIpc) is 1.89. The minimum atomic E-state index is -0.0534. The molecule has 10 heavy (non-hydrogen) atoms. The lowest BCUT2D eigenvalue weighted by atomic mass is 9.91. The quantitative estimate of drug-likeness (QED) is 0.483. The van der Waals surface area contributed by atoms with Gasteiger partial charge in [0.1, 0.15) is 0 Å². The third-order valence-corrected chi connectivity index (χ3v) is 1.22. The van der Waals surface area contributed by atoms with Crippen LogP contribution in [0.5, 0.6) is 0 Å². The molecule has 0 saturated carbocycles. The summed E-state index contributed by atoms with van der Waals surface area (Å²) in [5.41, 5.74) is -0.0534. The van der Waals surface area contributed by atoms with Crippen LogP contribution >= 0.6 is 0 Å². The summed E-state index contributed by atoms with van der Waals surface area (Å²) in [5.74, 6) is 8.72. The first kappa shape index (κ1) is 9.12. The van der Waals surface area contributed by atoms with Crippen molar-refractivity contribution in [2.24, 2.45) is 5.41 Å². The van der Waals surface area contributed by atoms with E-state index in [1.165, 1.54) is 0 Å². The average molecular weight is 134 g/mol. The Morgan fingerprint density at radius 3 is 2.30 bits per heavy atom. The van der Waals surface area contributed by atoms with Gasteiger partial charge in [-0.2, -0.15) is 0 Å². The van der Waals surface area contributed by atoms with Crippen LogP contribution < -0.4 is 0 Å². The maximum atomic E-state index is 5.27. The molecule has 0 aliphatic rings. The maximum absolute atomic E-state index is 5.27. The highest BCUT2D eigenvalue weighted by Gasteiger charge is 2.10. The van der Waals surface area contributed by atoms with E-state index in [1.807, 2.05) is 20.8 Å². The molecule has 0 aromatic carbocycles. The zero-order valence-electron chi connectivity index (χ0n) is 6.99. The van der Waals surface area contributed by atoms with Gasteiger partial charge in [0.15, 0.2) is 0 Å². The van der Waals surface area contributed by atoms with Gasteiger partial charge in [-0.3, -0.25) is 0 Å². The molecular weight excluding hydrogens is 120 g/mol. The van der Waals surface area contributed by atoms with Gasteiger partial charge in [0.25, 0.3) is 0 Å². The van der Waals surface area contributed by atoms with E-state index < -0.39 is 0 Å². The third kappa shape index (κ3) is 4.04. The van der Waals surface area contributed by atoms with Crippen molar-refractivity contribution in [1.29, 1.82) is 0 Å². The van der Waals surface area contributed by atoms with Crippen LogP contribution in [0.25, 0.3) is 0 Å². The molecule has 0 saturated heterocycles. The summed E-state index contributed by atoms with van der Waals surface area (Å²) < 4.78 is 0. The van der Waals surface area contributed by atoms with E-state index in [1.54, 1.807) is 0 Å². The van der Waals surface area contributed by atoms with E-state index >= 15 is 0 Å². The smallest absolute Gasteiger partial charge is 0.0364 e. The summed E-state index contributed by atoms with van der Waals surface area (Å²) in [6, 6.07) is 0. The molecule has 0 aliphatic heterocycles. The first-order valence-corrected chi connectivity index (χ1v) is 3.56. The summed E-state index contributed by atoms with van der Waals surface area (Å²) in [6.07, 6.45) is 6.99. The van der Waals surface area contributed by atoms with E-state index in [-0.39, 0.29) is 5.41 Å². The molecule has 54 valence electrons. The van der Waals surface area contributed by atoms with Crippen LogP contribution in [0, 0.1) is 29.6 Å². The highest BCUT2D eigenvalue weighted by Crippen LogP contribution is 2.16. The van der Waals surface area contributed by atoms with Crippen molar-refractivity contribution in [2.45, 2.75) is 33.6 Å². The van der Waals surface area contributed by atoms with Gasteiger partial charge in [0, 0.05) is 18.3 Å². The molecule has 0 aromatic heterocycles. The molecule has 0 N–H and O–H groups in total. The Kier molecular flexibility index (Phi) is 3.67. The van der Waals surface area contributed by atoms with E-state index in [0.29, 0.717) is 0 Å². The fraction of sp³-hybridized carbons (Fsp3) is 0.600.